The van der Waals surface area contributed by atoms with Gasteiger partial charge >= 0.3 is 0 Å². The zero-order chi connectivity index (χ0) is 30.3. The Hall–Kier alpha value is -3.76. The number of amides is 2. The van der Waals surface area contributed by atoms with Gasteiger partial charge in [-0.2, -0.15) is 0 Å². The molecule has 0 aliphatic heterocycles. The third-order valence-electron chi connectivity index (χ3n) is 6.44. The lowest BCUT2D eigenvalue weighted by Crippen LogP contribution is -2.52. The first kappa shape index (κ1) is 31.8. The number of nitrogens with one attached hydrogen (secondary N) is 1. The smallest absolute Gasteiger partial charge is 0.264 e. The molecule has 0 radical (unpaired) electrons. The highest BCUT2D eigenvalue weighted by Crippen LogP contribution is 2.34. The first-order valence-electron chi connectivity index (χ1n) is 13.0. The topological polar surface area (TPSA) is 105 Å². The number of nitrogens with zero attached hydrogens (tertiary/aromatic N) is 2. The monoisotopic (exact) mass is 601 g/mol. The molecule has 3 aromatic carbocycles. The summed E-state index contributed by atoms with van der Waals surface area (Å²) >= 11 is 6.40. The number of benzene rings is 3. The Balaban J connectivity index is 2.10. The highest BCUT2D eigenvalue weighted by molar-refractivity contribution is 7.92. The summed E-state index contributed by atoms with van der Waals surface area (Å²) < 4.78 is 39.7. The van der Waals surface area contributed by atoms with E-state index in [4.69, 9.17) is 21.1 Å². The molecule has 0 fully saturated rings. The highest BCUT2D eigenvalue weighted by Gasteiger charge is 2.33. The number of sulfonamides is 1. The number of methoxy groups -OCH3 is 2. The van der Waals surface area contributed by atoms with Crippen LogP contribution in [0, 0.1) is 6.92 Å². The van der Waals surface area contributed by atoms with E-state index in [1.54, 1.807) is 49.4 Å². The number of ether oxygens (including phenoxy) is 2. The lowest BCUT2D eigenvalue weighted by Gasteiger charge is -2.32. The van der Waals surface area contributed by atoms with Crippen molar-refractivity contribution in [1.82, 2.24) is 10.2 Å². The molecule has 1 N–H and O–H groups in total. The molecule has 9 nitrogen and oxygen atoms in total. The van der Waals surface area contributed by atoms with Crippen molar-refractivity contribution in [3.63, 3.8) is 0 Å². The van der Waals surface area contributed by atoms with E-state index < -0.39 is 28.5 Å². The number of hydrogen-bond donors (Lipinski definition) is 1. The number of carbonyl (C=O) groups excluding carboxylic acids is 2. The van der Waals surface area contributed by atoms with Crippen LogP contribution in [0.2, 0.25) is 5.02 Å². The highest BCUT2D eigenvalue weighted by atomic mass is 35.5. The molecule has 220 valence electrons. The van der Waals surface area contributed by atoms with Crippen LogP contribution in [-0.4, -0.2) is 58.0 Å². The quantitative estimate of drug-likeness (QED) is 0.320. The normalized spacial score (nSPS) is 12.0. The molecule has 0 aliphatic rings. The van der Waals surface area contributed by atoms with Crippen molar-refractivity contribution in [3.8, 4) is 11.5 Å². The van der Waals surface area contributed by atoms with Gasteiger partial charge in [0, 0.05) is 23.7 Å². The largest absolute Gasteiger partial charge is 0.493 e. The molecule has 0 bridgehead atoms. The number of aryl methyl sites for hydroxylation is 1. The summed E-state index contributed by atoms with van der Waals surface area (Å²) in [6, 6.07) is 16.8. The van der Waals surface area contributed by atoms with E-state index in [9.17, 15) is 18.0 Å². The van der Waals surface area contributed by atoms with Crippen molar-refractivity contribution >= 4 is 39.1 Å². The van der Waals surface area contributed by atoms with Crippen LogP contribution in [0.15, 0.2) is 71.6 Å². The molecular formula is C30H36ClN3O6S. The Bertz CT molecular complexity index is 1480. The van der Waals surface area contributed by atoms with Gasteiger partial charge in [-0.1, -0.05) is 47.5 Å². The molecule has 3 aromatic rings. The van der Waals surface area contributed by atoms with E-state index in [1.807, 2.05) is 20.8 Å². The minimum Gasteiger partial charge on any atom is -0.493 e. The van der Waals surface area contributed by atoms with E-state index in [-0.39, 0.29) is 29.1 Å². The summed E-state index contributed by atoms with van der Waals surface area (Å²) in [7, 11) is -1.32. The van der Waals surface area contributed by atoms with Crippen LogP contribution in [0.3, 0.4) is 0 Å². The first-order valence-corrected chi connectivity index (χ1v) is 14.9. The predicted octanol–water partition coefficient (Wildman–Crippen LogP) is 4.80. The Labute approximate surface area is 247 Å². The van der Waals surface area contributed by atoms with E-state index >= 15 is 0 Å². The summed E-state index contributed by atoms with van der Waals surface area (Å²) in [5.74, 6) is -0.282. The predicted molar refractivity (Wildman–Crippen MR) is 160 cm³/mol. The summed E-state index contributed by atoms with van der Waals surface area (Å²) in [5, 5.41) is 3.25. The molecule has 0 heterocycles. The molecule has 41 heavy (non-hydrogen) atoms. The van der Waals surface area contributed by atoms with Gasteiger partial charge in [-0.15, -0.1) is 0 Å². The molecule has 3 rings (SSSR count). The molecule has 0 spiro atoms. The third kappa shape index (κ3) is 7.71. The summed E-state index contributed by atoms with van der Waals surface area (Å²) in [5.41, 5.74) is 1.69. The molecule has 0 saturated carbocycles. The van der Waals surface area contributed by atoms with Crippen LogP contribution < -0.4 is 19.1 Å². The number of halogens is 1. The van der Waals surface area contributed by atoms with Crippen LogP contribution in [0.25, 0.3) is 0 Å². The fourth-order valence-corrected chi connectivity index (χ4v) is 5.75. The molecule has 1 atom stereocenters. The second-order valence-electron chi connectivity index (χ2n) is 9.82. The molecule has 2 amide bonds. The molecule has 1 unspecified atom stereocenters. The lowest BCUT2D eigenvalue weighted by atomic mass is 10.1. The summed E-state index contributed by atoms with van der Waals surface area (Å²) in [6.07, 6.45) is 0. The average molecular weight is 602 g/mol. The summed E-state index contributed by atoms with van der Waals surface area (Å²) in [6.45, 7) is 6.49. The Morgan fingerprint density at radius 3 is 2.15 bits per heavy atom. The third-order valence-corrected chi connectivity index (χ3v) is 8.60. The van der Waals surface area contributed by atoms with Gasteiger partial charge < -0.3 is 19.7 Å². The van der Waals surface area contributed by atoms with Crippen molar-refractivity contribution in [2.24, 2.45) is 0 Å². The first-order chi connectivity index (χ1) is 19.4. The van der Waals surface area contributed by atoms with Gasteiger partial charge in [0.15, 0.2) is 11.5 Å². The van der Waals surface area contributed by atoms with Crippen LogP contribution in [-0.2, 0) is 26.2 Å². The van der Waals surface area contributed by atoms with Gasteiger partial charge in [-0.3, -0.25) is 13.9 Å². The van der Waals surface area contributed by atoms with Gasteiger partial charge in [0.1, 0.15) is 12.6 Å². The number of carbonyl (C=O) groups is 2. The minimum absolute atomic E-state index is 0.00442. The fraction of sp³-hybridized carbons (Fsp3) is 0.333. The van der Waals surface area contributed by atoms with E-state index in [1.165, 1.54) is 43.4 Å². The number of rotatable bonds is 12. The standard InChI is InChI=1S/C30H36ClN3O6S/c1-20(2)32-30(36)22(4)33(18-23-9-7-8-10-26(23)31)29(35)19-34(24-13-16-27(39-5)28(17-24)40-6)41(37,38)25-14-11-21(3)12-15-25/h7-17,20,22H,18-19H2,1-6H3,(H,32,36). The van der Waals surface area contributed by atoms with Gasteiger partial charge in [-0.25, -0.2) is 8.42 Å². The van der Waals surface area contributed by atoms with E-state index in [0.717, 1.165) is 9.87 Å². The number of anilines is 1. The van der Waals surface area contributed by atoms with Crippen LogP contribution >= 0.6 is 11.6 Å². The maximum absolute atomic E-state index is 14.0. The Kier molecular flexibility index (Phi) is 10.6. The molecular weight excluding hydrogens is 566 g/mol. The van der Waals surface area contributed by atoms with Crippen LogP contribution in [0.1, 0.15) is 31.9 Å². The molecule has 0 aromatic heterocycles. The van der Waals surface area contributed by atoms with Crippen molar-refractivity contribution < 1.29 is 27.5 Å². The SMILES string of the molecule is COc1ccc(N(CC(=O)N(Cc2ccccc2Cl)C(C)C(=O)NC(C)C)S(=O)(=O)c2ccc(C)cc2)cc1OC. The number of hydrogen-bond acceptors (Lipinski definition) is 6. The maximum atomic E-state index is 14.0. The minimum atomic E-state index is -4.23. The second kappa shape index (κ2) is 13.7. The zero-order valence-corrected chi connectivity index (χ0v) is 25.6. The van der Waals surface area contributed by atoms with Gasteiger partial charge in [0.25, 0.3) is 10.0 Å². The van der Waals surface area contributed by atoms with Gasteiger partial charge in [0.05, 0.1) is 24.8 Å². The molecule has 11 heteroatoms. The van der Waals surface area contributed by atoms with E-state index in [2.05, 4.69) is 5.32 Å². The van der Waals surface area contributed by atoms with E-state index in [0.29, 0.717) is 22.1 Å². The fourth-order valence-electron chi connectivity index (χ4n) is 4.14. The zero-order valence-electron chi connectivity index (χ0n) is 24.0. The second-order valence-corrected chi connectivity index (χ2v) is 12.1. The van der Waals surface area contributed by atoms with Crippen LogP contribution in [0.5, 0.6) is 11.5 Å². The maximum Gasteiger partial charge on any atom is 0.264 e. The van der Waals surface area contributed by atoms with Crippen molar-refractivity contribution in [1.29, 1.82) is 0 Å². The Morgan fingerprint density at radius 1 is 0.927 bits per heavy atom. The van der Waals surface area contributed by atoms with Gasteiger partial charge in [0.2, 0.25) is 11.8 Å². The van der Waals surface area contributed by atoms with Crippen molar-refractivity contribution in [2.75, 3.05) is 25.1 Å². The van der Waals surface area contributed by atoms with Crippen LogP contribution in [0.4, 0.5) is 5.69 Å². The lowest BCUT2D eigenvalue weighted by molar-refractivity contribution is -0.139. The average Bonchev–Trinajstić information content (AvgIpc) is 2.94. The summed E-state index contributed by atoms with van der Waals surface area (Å²) in [4.78, 5) is 28.4. The van der Waals surface area contributed by atoms with Crippen molar-refractivity contribution in [3.05, 3.63) is 82.9 Å². The Morgan fingerprint density at radius 2 is 1.56 bits per heavy atom. The van der Waals surface area contributed by atoms with Gasteiger partial charge in [-0.05, 0) is 63.6 Å². The molecule has 0 saturated heterocycles. The van der Waals surface area contributed by atoms with Crippen molar-refractivity contribution in [2.45, 2.75) is 51.2 Å². The molecule has 0 aliphatic carbocycles.